The van der Waals surface area contributed by atoms with E-state index in [0.717, 1.165) is 16.8 Å². The molecule has 0 fully saturated rings. The summed E-state index contributed by atoms with van der Waals surface area (Å²) < 4.78 is 21.5. The van der Waals surface area contributed by atoms with E-state index in [1.54, 1.807) is 18.3 Å². The van der Waals surface area contributed by atoms with Gasteiger partial charge in [-0.25, -0.2) is 4.39 Å². The molecule has 4 nitrogen and oxygen atoms in total. The number of halogens is 1. The van der Waals surface area contributed by atoms with Gasteiger partial charge >= 0.3 is 0 Å². The minimum absolute atomic E-state index is 0.181. The van der Waals surface area contributed by atoms with Crippen LogP contribution >= 0.6 is 0 Å². The highest BCUT2D eigenvalue weighted by molar-refractivity contribution is 5.26. The maximum Gasteiger partial charge on any atom is 0.125 e. The lowest BCUT2D eigenvalue weighted by atomic mass is 10.0. The summed E-state index contributed by atoms with van der Waals surface area (Å²) in [5.74, 6) is -0.246. The normalized spacial score (nSPS) is 14.8. The molecule has 26 heavy (non-hydrogen) atoms. The van der Waals surface area contributed by atoms with Gasteiger partial charge in [-0.1, -0.05) is 42.5 Å². The summed E-state index contributed by atoms with van der Waals surface area (Å²) in [5.41, 5.74) is 9.20. The molecule has 5 heteroatoms. The Morgan fingerprint density at radius 3 is 2.35 bits per heavy atom. The molecule has 3 aromatic rings. The fourth-order valence-corrected chi connectivity index (χ4v) is 2.97. The van der Waals surface area contributed by atoms with Crippen LogP contribution in [-0.4, -0.2) is 21.9 Å². The highest BCUT2D eigenvalue weighted by Gasteiger charge is 2.25. The van der Waals surface area contributed by atoms with Crippen molar-refractivity contribution in [1.82, 2.24) is 9.78 Å². The number of nitrogens with zero attached hydrogens (tertiary/aromatic N) is 2. The van der Waals surface area contributed by atoms with Crippen LogP contribution < -0.4 is 5.73 Å². The molecular formula is C21H24FN3O. The van der Waals surface area contributed by atoms with Gasteiger partial charge in [-0.05, 0) is 36.2 Å². The highest BCUT2D eigenvalue weighted by Crippen LogP contribution is 2.28. The van der Waals surface area contributed by atoms with E-state index in [4.69, 9.17) is 10.5 Å². The van der Waals surface area contributed by atoms with Gasteiger partial charge in [0, 0.05) is 25.7 Å². The van der Waals surface area contributed by atoms with Crippen molar-refractivity contribution in [3.05, 3.63) is 89.5 Å². The fourth-order valence-electron chi connectivity index (χ4n) is 2.97. The van der Waals surface area contributed by atoms with Crippen LogP contribution in [0.3, 0.4) is 0 Å². The number of rotatable bonds is 7. The average molecular weight is 353 g/mol. The summed E-state index contributed by atoms with van der Waals surface area (Å²) in [7, 11) is 1.90. The highest BCUT2D eigenvalue weighted by atomic mass is 19.1. The number of aryl methyl sites for hydroxylation is 1. The van der Waals surface area contributed by atoms with E-state index in [0.29, 0.717) is 6.42 Å². The van der Waals surface area contributed by atoms with Crippen LogP contribution in [0.2, 0.25) is 0 Å². The van der Waals surface area contributed by atoms with Gasteiger partial charge in [-0.15, -0.1) is 0 Å². The average Bonchev–Trinajstić information content (AvgIpc) is 3.06. The summed E-state index contributed by atoms with van der Waals surface area (Å²) in [5, 5.41) is 4.27. The number of benzene rings is 2. The van der Waals surface area contributed by atoms with Crippen molar-refractivity contribution in [2.75, 3.05) is 0 Å². The minimum atomic E-state index is -0.278. The molecule has 2 aromatic carbocycles. The molecule has 0 bridgehead atoms. The number of hydrogen-bond donors (Lipinski definition) is 1. The smallest absolute Gasteiger partial charge is 0.125 e. The van der Waals surface area contributed by atoms with Crippen molar-refractivity contribution < 1.29 is 9.13 Å². The zero-order valence-corrected chi connectivity index (χ0v) is 15.0. The summed E-state index contributed by atoms with van der Waals surface area (Å²) in [4.78, 5) is 0. The van der Waals surface area contributed by atoms with Crippen molar-refractivity contribution >= 4 is 0 Å². The van der Waals surface area contributed by atoms with Gasteiger partial charge in [0.05, 0.1) is 11.8 Å². The molecule has 0 saturated carbocycles. The second-order valence-corrected chi connectivity index (χ2v) is 6.53. The molecule has 1 aromatic heterocycles. The summed E-state index contributed by atoms with van der Waals surface area (Å²) >= 11 is 0. The summed E-state index contributed by atoms with van der Waals surface area (Å²) in [6, 6.07) is 18.3. The quantitative estimate of drug-likeness (QED) is 0.706. The molecule has 0 aliphatic carbocycles. The second kappa shape index (κ2) is 8.25. The van der Waals surface area contributed by atoms with Crippen molar-refractivity contribution in [2.45, 2.75) is 31.6 Å². The zero-order valence-electron chi connectivity index (χ0n) is 15.0. The van der Waals surface area contributed by atoms with Gasteiger partial charge in [0.2, 0.25) is 0 Å². The van der Waals surface area contributed by atoms with E-state index in [1.165, 1.54) is 12.1 Å². The molecule has 0 radical (unpaired) electrons. The molecule has 0 saturated heterocycles. The number of nitrogens with two attached hydrogens (primary N) is 1. The van der Waals surface area contributed by atoms with E-state index < -0.39 is 0 Å². The lowest BCUT2D eigenvalue weighted by molar-refractivity contribution is -0.00649. The van der Waals surface area contributed by atoms with E-state index in [1.807, 2.05) is 55.1 Å². The Morgan fingerprint density at radius 2 is 1.77 bits per heavy atom. The molecule has 3 unspecified atom stereocenters. The standard InChI is InChI=1S/C21H24FN3O/c1-15(23)20(14-16-8-10-18(22)11-9-16)26-21(17-6-4-3-5-7-17)19-12-13-24-25(19)2/h3-13,15,20-21H,14,23H2,1-2H3. The third kappa shape index (κ3) is 4.36. The lowest BCUT2D eigenvalue weighted by Crippen LogP contribution is -2.37. The first-order chi connectivity index (χ1) is 12.5. The Kier molecular flexibility index (Phi) is 5.81. The van der Waals surface area contributed by atoms with Gasteiger partial charge in [-0.2, -0.15) is 5.10 Å². The SMILES string of the molecule is CC(N)C(Cc1ccc(F)cc1)OC(c1ccccc1)c1ccnn1C. The molecular weight excluding hydrogens is 329 g/mol. The number of ether oxygens (including phenoxy) is 1. The Hall–Kier alpha value is -2.50. The van der Waals surface area contributed by atoms with Crippen LogP contribution in [0.5, 0.6) is 0 Å². The molecule has 0 aliphatic heterocycles. The lowest BCUT2D eigenvalue weighted by Gasteiger charge is -2.28. The van der Waals surface area contributed by atoms with Gasteiger partial charge in [0.15, 0.2) is 0 Å². The van der Waals surface area contributed by atoms with Crippen LogP contribution in [0.1, 0.15) is 29.8 Å². The third-order valence-corrected chi connectivity index (χ3v) is 4.48. The predicted molar refractivity (Wildman–Crippen MR) is 100 cm³/mol. The molecule has 2 N–H and O–H groups in total. The van der Waals surface area contributed by atoms with Crippen molar-refractivity contribution in [3.63, 3.8) is 0 Å². The maximum atomic E-state index is 13.2. The van der Waals surface area contributed by atoms with Gasteiger partial charge in [-0.3, -0.25) is 4.68 Å². The Morgan fingerprint density at radius 1 is 1.08 bits per heavy atom. The Balaban J connectivity index is 1.87. The molecule has 0 amide bonds. The molecule has 136 valence electrons. The zero-order chi connectivity index (χ0) is 18.5. The summed E-state index contributed by atoms with van der Waals surface area (Å²) in [6.45, 7) is 1.93. The third-order valence-electron chi connectivity index (χ3n) is 4.48. The topological polar surface area (TPSA) is 53.1 Å². The first kappa shape index (κ1) is 18.3. The first-order valence-electron chi connectivity index (χ1n) is 8.73. The van der Waals surface area contributed by atoms with Crippen molar-refractivity contribution in [3.8, 4) is 0 Å². The van der Waals surface area contributed by atoms with E-state index in [9.17, 15) is 4.39 Å². The molecule has 3 atom stereocenters. The predicted octanol–water partition coefficient (Wildman–Crippen LogP) is 3.62. The van der Waals surface area contributed by atoms with Crippen molar-refractivity contribution in [2.24, 2.45) is 12.8 Å². The van der Waals surface area contributed by atoms with Gasteiger partial charge in [0.1, 0.15) is 11.9 Å². The van der Waals surface area contributed by atoms with Gasteiger partial charge < -0.3 is 10.5 Å². The Labute approximate surface area is 153 Å². The van der Waals surface area contributed by atoms with E-state index in [-0.39, 0.29) is 24.1 Å². The van der Waals surface area contributed by atoms with Crippen LogP contribution in [0.4, 0.5) is 4.39 Å². The molecule has 3 rings (SSSR count). The van der Waals surface area contributed by atoms with Gasteiger partial charge in [0.25, 0.3) is 0 Å². The fraction of sp³-hybridized carbons (Fsp3) is 0.286. The number of hydrogen-bond acceptors (Lipinski definition) is 3. The molecule has 0 aliphatic rings. The first-order valence-corrected chi connectivity index (χ1v) is 8.73. The monoisotopic (exact) mass is 353 g/mol. The Bertz CT molecular complexity index is 815. The molecule has 1 heterocycles. The summed E-state index contributed by atoms with van der Waals surface area (Å²) in [6.07, 6.45) is 1.87. The van der Waals surface area contributed by atoms with E-state index >= 15 is 0 Å². The van der Waals surface area contributed by atoms with Crippen LogP contribution in [0.25, 0.3) is 0 Å². The number of aromatic nitrogens is 2. The molecule has 0 spiro atoms. The largest absolute Gasteiger partial charge is 0.362 e. The second-order valence-electron chi connectivity index (χ2n) is 6.53. The van der Waals surface area contributed by atoms with Crippen molar-refractivity contribution in [1.29, 1.82) is 0 Å². The van der Waals surface area contributed by atoms with E-state index in [2.05, 4.69) is 5.10 Å². The van der Waals surface area contributed by atoms with Crippen LogP contribution in [-0.2, 0) is 18.2 Å². The van der Waals surface area contributed by atoms with Crippen LogP contribution in [0, 0.1) is 5.82 Å². The van der Waals surface area contributed by atoms with Crippen LogP contribution in [0.15, 0.2) is 66.9 Å². The maximum absolute atomic E-state index is 13.2. The minimum Gasteiger partial charge on any atom is -0.362 e.